The van der Waals surface area contributed by atoms with Gasteiger partial charge < -0.3 is 21.1 Å². The third kappa shape index (κ3) is 8.26. The van der Waals surface area contributed by atoms with Gasteiger partial charge in [-0.05, 0) is 41.0 Å². The second-order valence-corrected chi connectivity index (χ2v) is 8.17. The van der Waals surface area contributed by atoms with Crippen molar-refractivity contribution in [3.63, 3.8) is 0 Å². The van der Waals surface area contributed by atoms with Crippen LogP contribution in [0.5, 0.6) is 5.75 Å². The summed E-state index contributed by atoms with van der Waals surface area (Å²) in [5.74, 6) is -1.40. The van der Waals surface area contributed by atoms with Gasteiger partial charge in [0, 0.05) is 19.8 Å². The molecule has 3 aromatic rings. The molecule has 2 atom stereocenters. The summed E-state index contributed by atoms with van der Waals surface area (Å²) in [5.41, 5.74) is 8.01. The van der Waals surface area contributed by atoms with Crippen molar-refractivity contribution < 1.29 is 23.5 Å². The van der Waals surface area contributed by atoms with Crippen LogP contribution < -0.4 is 21.1 Å². The molecule has 3 rings (SSSR count). The Morgan fingerprint density at radius 1 is 0.800 bits per heavy atom. The van der Waals surface area contributed by atoms with Crippen molar-refractivity contribution >= 4 is 17.7 Å². The van der Waals surface area contributed by atoms with Crippen LogP contribution in [0, 0.1) is 5.82 Å². The van der Waals surface area contributed by atoms with Crippen molar-refractivity contribution in [1.29, 1.82) is 0 Å². The van der Waals surface area contributed by atoms with Crippen molar-refractivity contribution in [3.8, 4) is 5.75 Å². The van der Waals surface area contributed by atoms with E-state index in [1.165, 1.54) is 31.2 Å². The molecule has 0 aliphatic carbocycles. The number of nitrogens with two attached hydrogens (primary N) is 1. The Morgan fingerprint density at radius 3 is 1.94 bits per heavy atom. The molecule has 0 radical (unpaired) electrons. The van der Waals surface area contributed by atoms with E-state index in [1.54, 1.807) is 24.3 Å². The molecule has 0 saturated heterocycles. The fourth-order valence-electron chi connectivity index (χ4n) is 3.50. The van der Waals surface area contributed by atoms with Crippen LogP contribution in [0.3, 0.4) is 0 Å². The van der Waals surface area contributed by atoms with Gasteiger partial charge in [-0.15, -0.1) is 0 Å². The van der Waals surface area contributed by atoms with E-state index >= 15 is 0 Å². The number of hydrogen-bond acceptors (Lipinski definition) is 4. The van der Waals surface area contributed by atoms with Crippen LogP contribution in [-0.2, 0) is 33.8 Å². The SMILES string of the molecule is CC(=O)N[C@H](Cc1ccc(F)cc1)C(=O)N[C@H](Cc1ccc(OCc2ccccc2)cc1)C(N)=O. The Balaban J connectivity index is 1.62. The van der Waals surface area contributed by atoms with Crippen molar-refractivity contribution in [2.75, 3.05) is 0 Å². The van der Waals surface area contributed by atoms with Crippen molar-refractivity contribution in [1.82, 2.24) is 10.6 Å². The molecule has 4 N–H and O–H groups in total. The number of amides is 3. The largest absolute Gasteiger partial charge is 0.489 e. The lowest BCUT2D eigenvalue weighted by atomic mass is 10.0. The number of carbonyl (C=O) groups excluding carboxylic acids is 3. The van der Waals surface area contributed by atoms with Crippen LogP contribution >= 0.6 is 0 Å². The highest BCUT2D eigenvalue weighted by Crippen LogP contribution is 2.16. The topological polar surface area (TPSA) is 111 Å². The summed E-state index contributed by atoms with van der Waals surface area (Å²) in [6.45, 7) is 1.72. The molecule has 0 aromatic heterocycles. The first-order valence-electron chi connectivity index (χ1n) is 11.2. The number of ether oxygens (including phenoxy) is 1. The number of rotatable bonds is 11. The van der Waals surface area contributed by atoms with E-state index in [1.807, 2.05) is 30.3 Å². The maximum absolute atomic E-state index is 13.2. The van der Waals surface area contributed by atoms with Crippen LogP contribution in [0.15, 0.2) is 78.9 Å². The number of carbonyl (C=O) groups is 3. The molecule has 0 unspecified atom stereocenters. The first kappa shape index (κ1) is 25.4. The molecule has 0 aliphatic heterocycles. The fraction of sp³-hybridized carbons (Fsp3) is 0.222. The summed E-state index contributed by atoms with van der Waals surface area (Å²) in [6.07, 6.45) is 0.300. The molecule has 0 heterocycles. The lowest BCUT2D eigenvalue weighted by molar-refractivity contribution is -0.130. The van der Waals surface area contributed by atoms with Gasteiger partial charge in [0.2, 0.25) is 17.7 Å². The lowest BCUT2D eigenvalue weighted by Gasteiger charge is -2.22. The Hall–Kier alpha value is -4.20. The van der Waals surface area contributed by atoms with E-state index < -0.39 is 35.6 Å². The summed E-state index contributed by atoms with van der Waals surface area (Å²) in [4.78, 5) is 36.6. The van der Waals surface area contributed by atoms with Gasteiger partial charge >= 0.3 is 0 Å². The number of nitrogens with one attached hydrogen (secondary N) is 2. The lowest BCUT2D eigenvalue weighted by Crippen LogP contribution is -2.54. The molecule has 35 heavy (non-hydrogen) atoms. The molecule has 3 aromatic carbocycles. The minimum absolute atomic E-state index is 0.130. The first-order valence-corrected chi connectivity index (χ1v) is 11.2. The molecule has 0 aliphatic rings. The van der Waals surface area contributed by atoms with Crippen LogP contribution in [0.4, 0.5) is 4.39 Å². The number of halogens is 1. The van der Waals surface area contributed by atoms with E-state index in [-0.39, 0.29) is 12.8 Å². The molecule has 0 saturated carbocycles. The fourth-order valence-corrected chi connectivity index (χ4v) is 3.50. The maximum atomic E-state index is 13.2. The summed E-state index contributed by atoms with van der Waals surface area (Å²) >= 11 is 0. The van der Waals surface area contributed by atoms with E-state index in [0.717, 1.165) is 11.1 Å². The molecule has 8 heteroatoms. The van der Waals surface area contributed by atoms with Gasteiger partial charge in [-0.1, -0.05) is 54.6 Å². The highest BCUT2D eigenvalue weighted by Gasteiger charge is 2.25. The minimum atomic E-state index is -0.983. The Bertz CT molecular complexity index is 1140. The molecule has 7 nitrogen and oxygen atoms in total. The highest BCUT2D eigenvalue weighted by atomic mass is 19.1. The summed E-state index contributed by atoms with van der Waals surface area (Å²) in [7, 11) is 0. The van der Waals surface area contributed by atoms with Crippen LogP contribution in [0.25, 0.3) is 0 Å². The second kappa shape index (κ2) is 12.3. The van der Waals surface area contributed by atoms with Crippen LogP contribution in [0.1, 0.15) is 23.6 Å². The highest BCUT2D eigenvalue weighted by molar-refractivity contribution is 5.91. The quantitative estimate of drug-likeness (QED) is 0.394. The summed E-state index contributed by atoms with van der Waals surface area (Å²) < 4.78 is 19.0. The minimum Gasteiger partial charge on any atom is -0.489 e. The zero-order chi connectivity index (χ0) is 25.2. The van der Waals surface area contributed by atoms with E-state index in [4.69, 9.17) is 10.5 Å². The number of benzene rings is 3. The van der Waals surface area contributed by atoms with Crippen molar-refractivity contribution in [2.45, 2.75) is 38.5 Å². The van der Waals surface area contributed by atoms with Gasteiger partial charge in [0.25, 0.3) is 0 Å². The van der Waals surface area contributed by atoms with Crippen molar-refractivity contribution in [2.24, 2.45) is 5.73 Å². The number of primary amides is 1. The Kier molecular flexibility index (Phi) is 8.95. The van der Waals surface area contributed by atoms with Crippen molar-refractivity contribution in [3.05, 3.63) is 101 Å². The van der Waals surface area contributed by atoms with Gasteiger partial charge in [-0.3, -0.25) is 14.4 Å². The van der Waals surface area contributed by atoms with Gasteiger partial charge in [0.1, 0.15) is 30.3 Å². The van der Waals surface area contributed by atoms with E-state index in [2.05, 4.69) is 10.6 Å². The van der Waals surface area contributed by atoms with Crippen LogP contribution in [-0.4, -0.2) is 29.8 Å². The molecule has 3 amide bonds. The Labute approximate surface area is 203 Å². The predicted molar refractivity (Wildman–Crippen MR) is 130 cm³/mol. The normalized spacial score (nSPS) is 12.3. The van der Waals surface area contributed by atoms with Gasteiger partial charge in [0.05, 0.1) is 0 Å². The predicted octanol–water partition coefficient (Wildman–Crippen LogP) is 2.66. The molecular weight excluding hydrogens is 449 g/mol. The van der Waals surface area contributed by atoms with Gasteiger partial charge in [-0.25, -0.2) is 4.39 Å². The standard InChI is InChI=1S/C27H28FN3O4/c1-18(32)30-25(16-19-7-11-22(28)12-8-19)27(34)31-24(26(29)33)15-20-9-13-23(14-10-20)35-17-21-5-3-2-4-6-21/h2-14,24-25H,15-17H2,1H3,(H2,29,33)(H,30,32)(H,31,34)/t24-,25-/m1/s1. The zero-order valence-electron chi connectivity index (χ0n) is 19.4. The average molecular weight is 478 g/mol. The number of hydrogen-bond donors (Lipinski definition) is 3. The van der Waals surface area contributed by atoms with E-state index in [0.29, 0.717) is 17.9 Å². The Morgan fingerprint density at radius 2 is 1.37 bits per heavy atom. The molecular formula is C27H28FN3O4. The monoisotopic (exact) mass is 477 g/mol. The van der Waals surface area contributed by atoms with E-state index in [9.17, 15) is 18.8 Å². The molecule has 182 valence electrons. The molecule has 0 bridgehead atoms. The smallest absolute Gasteiger partial charge is 0.243 e. The van der Waals surface area contributed by atoms with Gasteiger partial charge in [0.15, 0.2) is 0 Å². The molecule has 0 spiro atoms. The summed E-state index contributed by atoms with van der Waals surface area (Å²) in [5, 5.41) is 5.20. The molecule has 0 fully saturated rings. The third-order valence-corrected chi connectivity index (χ3v) is 5.32. The third-order valence-electron chi connectivity index (χ3n) is 5.32. The maximum Gasteiger partial charge on any atom is 0.243 e. The zero-order valence-corrected chi connectivity index (χ0v) is 19.4. The first-order chi connectivity index (χ1) is 16.8. The summed E-state index contributed by atoms with van der Waals surface area (Å²) in [6, 6.07) is 20.6. The van der Waals surface area contributed by atoms with Crippen LogP contribution in [0.2, 0.25) is 0 Å². The average Bonchev–Trinajstić information content (AvgIpc) is 2.84. The van der Waals surface area contributed by atoms with Gasteiger partial charge in [-0.2, -0.15) is 0 Å². The second-order valence-electron chi connectivity index (χ2n) is 8.17.